The zero-order valence-corrected chi connectivity index (χ0v) is 10.9. The summed E-state index contributed by atoms with van der Waals surface area (Å²) in [6.45, 7) is 0.279. The molecule has 0 aliphatic rings. The van der Waals surface area contributed by atoms with Gasteiger partial charge in [-0.3, -0.25) is 0 Å². The highest BCUT2D eigenvalue weighted by Crippen LogP contribution is 2.22. The fourth-order valence-corrected chi connectivity index (χ4v) is 1.71. The van der Waals surface area contributed by atoms with Crippen LogP contribution >= 0.6 is 0 Å². The first-order chi connectivity index (χ1) is 9.60. The monoisotopic (exact) mass is 274 g/mol. The van der Waals surface area contributed by atoms with E-state index in [1.807, 2.05) is 0 Å². The van der Waals surface area contributed by atoms with Gasteiger partial charge in [-0.1, -0.05) is 6.07 Å². The Morgan fingerprint density at radius 1 is 1.15 bits per heavy atom. The molecule has 0 atom stereocenters. The molecule has 2 aromatic carbocycles. The Labute approximate surface area is 116 Å². The van der Waals surface area contributed by atoms with E-state index in [9.17, 15) is 4.79 Å². The van der Waals surface area contributed by atoms with Crippen LogP contribution in [0.25, 0.3) is 0 Å². The van der Waals surface area contributed by atoms with Crippen molar-refractivity contribution in [3.8, 4) is 17.2 Å². The van der Waals surface area contributed by atoms with E-state index in [-0.39, 0.29) is 17.9 Å². The number of phenols is 1. The number of aromatic hydroxyl groups is 1. The number of ether oxygens (including phenoxy) is 2. The summed E-state index contributed by atoms with van der Waals surface area (Å²) in [7, 11) is 1.42. The van der Waals surface area contributed by atoms with Crippen molar-refractivity contribution in [1.29, 1.82) is 0 Å². The molecule has 104 valence electrons. The fraction of sp³-hybridized carbons (Fsp3) is 0.133. The smallest absolute Gasteiger partial charge is 0.339 e. The lowest BCUT2D eigenvalue weighted by Crippen LogP contribution is -2.02. The van der Waals surface area contributed by atoms with Crippen molar-refractivity contribution >= 4 is 5.97 Å². The maximum absolute atomic E-state index is 11.0. The van der Waals surface area contributed by atoms with Gasteiger partial charge in [0.25, 0.3) is 0 Å². The number of hydrogen-bond acceptors (Lipinski definition) is 4. The molecule has 5 nitrogen and oxygen atoms in total. The van der Waals surface area contributed by atoms with E-state index in [0.29, 0.717) is 11.5 Å². The molecule has 0 saturated carbocycles. The molecular formula is C15H14O5. The van der Waals surface area contributed by atoms with Crippen molar-refractivity contribution in [2.45, 2.75) is 6.61 Å². The van der Waals surface area contributed by atoms with Crippen LogP contribution in [0.5, 0.6) is 17.2 Å². The molecule has 2 rings (SSSR count). The molecule has 20 heavy (non-hydrogen) atoms. The largest absolute Gasteiger partial charge is 0.508 e. The minimum atomic E-state index is -1.03. The Morgan fingerprint density at radius 3 is 2.45 bits per heavy atom. The zero-order chi connectivity index (χ0) is 14.5. The standard InChI is InChI=1S/C15H14O5/c1-19-14-8-10(2-7-13(14)15(17)18)9-20-12-5-3-11(16)4-6-12/h2-8,16H,9H2,1H3,(H,17,18). The van der Waals surface area contributed by atoms with E-state index in [4.69, 9.17) is 19.7 Å². The Morgan fingerprint density at radius 2 is 1.85 bits per heavy atom. The van der Waals surface area contributed by atoms with Crippen LogP contribution in [0.1, 0.15) is 15.9 Å². The van der Waals surface area contributed by atoms with Crippen LogP contribution in [-0.4, -0.2) is 23.3 Å². The third-order valence-electron chi connectivity index (χ3n) is 2.74. The minimum Gasteiger partial charge on any atom is -0.508 e. The topological polar surface area (TPSA) is 76.0 Å². The van der Waals surface area contributed by atoms with Crippen molar-refractivity contribution < 1.29 is 24.5 Å². The number of methoxy groups -OCH3 is 1. The average molecular weight is 274 g/mol. The number of rotatable bonds is 5. The van der Waals surface area contributed by atoms with E-state index in [1.165, 1.54) is 25.3 Å². The van der Waals surface area contributed by atoms with Gasteiger partial charge >= 0.3 is 5.97 Å². The molecule has 0 bridgehead atoms. The van der Waals surface area contributed by atoms with E-state index < -0.39 is 5.97 Å². The van der Waals surface area contributed by atoms with E-state index in [2.05, 4.69) is 0 Å². The Hall–Kier alpha value is -2.69. The van der Waals surface area contributed by atoms with Crippen LogP contribution in [0.3, 0.4) is 0 Å². The second-order valence-electron chi connectivity index (χ2n) is 4.12. The third-order valence-corrected chi connectivity index (χ3v) is 2.74. The lowest BCUT2D eigenvalue weighted by molar-refractivity contribution is 0.0693. The van der Waals surface area contributed by atoms with Crippen molar-refractivity contribution in [1.82, 2.24) is 0 Å². The maximum Gasteiger partial charge on any atom is 0.339 e. The number of carbonyl (C=O) groups is 1. The first-order valence-corrected chi connectivity index (χ1v) is 5.92. The van der Waals surface area contributed by atoms with Crippen LogP contribution in [-0.2, 0) is 6.61 Å². The average Bonchev–Trinajstić information content (AvgIpc) is 2.46. The summed E-state index contributed by atoms with van der Waals surface area (Å²) < 4.78 is 10.6. The number of hydrogen-bond donors (Lipinski definition) is 2. The molecule has 0 saturated heterocycles. The SMILES string of the molecule is COc1cc(COc2ccc(O)cc2)ccc1C(=O)O. The number of aromatic carboxylic acids is 1. The second kappa shape index (κ2) is 5.97. The first-order valence-electron chi connectivity index (χ1n) is 5.92. The Bertz CT molecular complexity index is 604. The molecule has 2 aromatic rings. The molecule has 2 N–H and O–H groups in total. The molecule has 0 aliphatic heterocycles. The summed E-state index contributed by atoms with van der Waals surface area (Å²) in [5.41, 5.74) is 0.904. The van der Waals surface area contributed by atoms with Gasteiger partial charge in [-0.2, -0.15) is 0 Å². The van der Waals surface area contributed by atoms with Crippen molar-refractivity contribution in [2.24, 2.45) is 0 Å². The van der Waals surface area contributed by atoms with Gasteiger partial charge in [0.2, 0.25) is 0 Å². The lowest BCUT2D eigenvalue weighted by Gasteiger charge is -2.09. The summed E-state index contributed by atoms with van der Waals surface area (Å²) in [5.74, 6) is 0.0473. The van der Waals surface area contributed by atoms with Gasteiger partial charge in [-0.15, -0.1) is 0 Å². The molecule has 0 heterocycles. The molecule has 0 spiro atoms. The van der Waals surface area contributed by atoms with Crippen LogP contribution in [0.4, 0.5) is 0 Å². The van der Waals surface area contributed by atoms with Crippen LogP contribution in [0.2, 0.25) is 0 Å². The van der Waals surface area contributed by atoms with E-state index >= 15 is 0 Å². The Kier molecular flexibility index (Phi) is 4.10. The van der Waals surface area contributed by atoms with Gasteiger partial charge in [0.15, 0.2) is 0 Å². The number of benzene rings is 2. The van der Waals surface area contributed by atoms with Gasteiger partial charge in [0, 0.05) is 0 Å². The van der Waals surface area contributed by atoms with Crippen LogP contribution in [0.15, 0.2) is 42.5 Å². The third kappa shape index (κ3) is 3.20. The number of phenolic OH excluding ortho intramolecular Hbond substituents is 1. The summed E-state index contributed by atoms with van der Waals surface area (Å²) >= 11 is 0. The van der Waals surface area contributed by atoms with Crippen molar-refractivity contribution in [3.63, 3.8) is 0 Å². The van der Waals surface area contributed by atoms with Gasteiger partial charge in [0.1, 0.15) is 29.4 Å². The molecular weight excluding hydrogens is 260 g/mol. The predicted octanol–water partition coefficient (Wildman–Crippen LogP) is 2.68. The minimum absolute atomic E-state index is 0.112. The van der Waals surface area contributed by atoms with Gasteiger partial charge in [-0.05, 0) is 42.0 Å². The van der Waals surface area contributed by atoms with E-state index in [1.54, 1.807) is 24.3 Å². The quantitative estimate of drug-likeness (QED) is 0.876. The van der Waals surface area contributed by atoms with Gasteiger partial charge in [-0.25, -0.2) is 4.79 Å². The summed E-state index contributed by atoms with van der Waals surface area (Å²) in [4.78, 5) is 11.0. The van der Waals surface area contributed by atoms with Gasteiger partial charge < -0.3 is 19.7 Å². The van der Waals surface area contributed by atoms with Crippen molar-refractivity contribution in [3.05, 3.63) is 53.6 Å². The summed E-state index contributed by atoms with van der Waals surface area (Å²) in [5, 5.41) is 18.2. The fourth-order valence-electron chi connectivity index (χ4n) is 1.71. The number of carboxylic acids is 1. The highest BCUT2D eigenvalue weighted by Gasteiger charge is 2.11. The summed E-state index contributed by atoms with van der Waals surface area (Å²) in [6.07, 6.45) is 0. The lowest BCUT2D eigenvalue weighted by atomic mass is 10.1. The van der Waals surface area contributed by atoms with Crippen LogP contribution < -0.4 is 9.47 Å². The number of carboxylic acid groups (broad SMARTS) is 1. The Balaban J connectivity index is 2.10. The highest BCUT2D eigenvalue weighted by molar-refractivity contribution is 5.90. The first kappa shape index (κ1) is 13.7. The van der Waals surface area contributed by atoms with Crippen LogP contribution in [0, 0.1) is 0 Å². The van der Waals surface area contributed by atoms with Gasteiger partial charge in [0.05, 0.1) is 7.11 Å². The molecule has 5 heteroatoms. The molecule has 0 radical (unpaired) electrons. The maximum atomic E-state index is 11.0. The van der Waals surface area contributed by atoms with E-state index in [0.717, 1.165) is 5.56 Å². The zero-order valence-electron chi connectivity index (χ0n) is 10.9. The molecule has 0 unspecified atom stereocenters. The molecule has 0 aromatic heterocycles. The molecule has 0 fully saturated rings. The molecule has 0 amide bonds. The predicted molar refractivity (Wildman–Crippen MR) is 72.4 cm³/mol. The normalized spacial score (nSPS) is 10.1. The molecule has 0 aliphatic carbocycles. The summed E-state index contributed by atoms with van der Waals surface area (Å²) in [6, 6.07) is 11.1. The highest BCUT2D eigenvalue weighted by atomic mass is 16.5. The van der Waals surface area contributed by atoms with Crippen molar-refractivity contribution in [2.75, 3.05) is 7.11 Å². The second-order valence-corrected chi connectivity index (χ2v) is 4.12.